The van der Waals surface area contributed by atoms with Gasteiger partial charge in [0.05, 0.1) is 17.1 Å². The third-order valence-electron chi connectivity index (χ3n) is 13.4. The number of anilines is 6. The summed E-state index contributed by atoms with van der Waals surface area (Å²) in [6, 6.07) is 59.2. The SMILES string of the molecule is CC1(C)c2cccc3c2N2c4c1cccc4C(C)(C)c1cc(N(c4ccc(-c5cccc6ccccc56)cc4)c4ccc5ccccc5c4)cc(c12)C3(C)C. The second-order valence-corrected chi connectivity index (χ2v) is 17.4. The molecular formula is C53H44N2. The van der Waals surface area contributed by atoms with E-state index in [4.69, 9.17) is 0 Å². The van der Waals surface area contributed by atoms with E-state index in [1.807, 2.05) is 0 Å². The second kappa shape index (κ2) is 11.0. The molecule has 0 fully saturated rings. The first kappa shape index (κ1) is 32.3. The molecule has 0 bridgehead atoms. The van der Waals surface area contributed by atoms with Crippen molar-refractivity contribution in [3.05, 3.63) is 191 Å². The van der Waals surface area contributed by atoms with Crippen molar-refractivity contribution < 1.29 is 0 Å². The Labute approximate surface area is 324 Å². The molecule has 0 saturated carbocycles. The normalized spacial score (nSPS) is 16.2. The first-order valence-electron chi connectivity index (χ1n) is 19.7. The highest BCUT2D eigenvalue weighted by molar-refractivity contribution is 6.00. The Bertz CT molecular complexity index is 2810. The molecule has 8 aromatic rings. The van der Waals surface area contributed by atoms with Crippen molar-refractivity contribution in [2.24, 2.45) is 0 Å². The van der Waals surface area contributed by atoms with Crippen molar-refractivity contribution in [1.29, 1.82) is 0 Å². The van der Waals surface area contributed by atoms with Gasteiger partial charge in [-0.3, -0.25) is 0 Å². The van der Waals surface area contributed by atoms with Gasteiger partial charge in [-0.25, -0.2) is 0 Å². The van der Waals surface area contributed by atoms with Gasteiger partial charge in [0.2, 0.25) is 0 Å². The van der Waals surface area contributed by atoms with Gasteiger partial charge in [-0.05, 0) is 102 Å². The molecule has 0 spiro atoms. The third-order valence-corrected chi connectivity index (χ3v) is 13.4. The van der Waals surface area contributed by atoms with Crippen LogP contribution in [0.3, 0.4) is 0 Å². The maximum Gasteiger partial charge on any atom is 0.0545 e. The predicted molar refractivity (Wildman–Crippen MR) is 233 cm³/mol. The highest BCUT2D eigenvalue weighted by Gasteiger charge is 2.51. The van der Waals surface area contributed by atoms with Gasteiger partial charge < -0.3 is 9.80 Å². The molecule has 0 radical (unpaired) electrons. The van der Waals surface area contributed by atoms with Gasteiger partial charge in [0, 0.05) is 33.3 Å². The van der Waals surface area contributed by atoms with E-state index in [9.17, 15) is 0 Å². The quantitative estimate of drug-likeness (QED) is 0.180. The molecule has 3 heterocycles. The minimum atomic E-state index is -0.231. The fourth-order valence-electron chi connectivity index (χ4n) is 10.3. The van der Waals surface area contributed by atoms with Crippen molar-refractivity contribution >= 4 is 55.7 Å². The highest BCUT2D eigenvalue weighted by atomic mass is 15.2. The van der Waals surface area contributed by atoms with E-state index >= 15 is 0 Å². The van der Waals surface area contributed by atoms with Crippen LogP contribution in [-0.2, 0) is 16.2 Å². The molecule has 2 nitrogen and oxygen atoms in total. The van der Waals surface area contributed by atoms with Crippen LogP contribution in [-0.4, -0.2) is 0 Å². The van der Waals surface area contributed by atoms with Gasteiger partial charge in [0.1, 0.15) is 0 Å². The van der Waals surface area contributed by atoms with Gasteiger partial charge in [-0.2, -0.15) is 0 Å². The van der Waals surface area contributed by atoms with Crippen molar-refractivity contribution in [2.75, 3.05) is 9.80 Å². The van der Waals surface area contributed by atoms with Crippen LogP contribution in [0.5, 0.6) is 0 Å². The summed E-state index contributed by atoms with van der Waals surface area (Å²) >= 11 is 0. The van der Waals surface area contributed by atoms with Crippen LogP contribution in [0.4, 0.5) is 34.1 Å². The average Bonchev–Trinajstić information content (AvgIpc) is 3.20. The molecule has 0 N–H and O–H groups in total. The molecular weight excluding hydrogens is 665 g/mol. The summed E-state index contributed by atoms with van der Waals surface area (Å²) < 4.78 is 0. The lowest BCUT2D eigenvalue weighted by Gasteiger charge is -2.55. The summed E-state index contributed by atoms with van der Waals surface area (Å²) in [5.74, 6) is 0. The average molecular weight is 709 g/mol. The van der Waals surface area contributed by atoms with Gasteiger partial charge in [-0.15, -0.1) is 0 Å². The van der Waals surface area contributed by atoms with Crippen molar-refractivity contribution in [3.63, 3.8) is 0 Å². The fraction of sp³-hybridized carbons (Fsp3) is 0.170. The number of para-hydroxylation sites is 2. The van der Waals surface area contributed by atoms with Gasteiger partial charge in [0.25, 0.3) is 0 Å². The minimum Gasteiger partial charge on any atom is -0.310 e. The number of rotatable bonds is 4. The van der Waals surface area contributed by atoms with Gasteiger partial charge >= 0.3 is 0 Å². The van der Waals surface area contributed by atoms with Crippen LogP contribution in [0.2, 0.25) is 0 Å². The van der Waals surface area contributed by atoms with E-state index < -0.39 is 0 Å². The summed E-state index contributed by atoms with van der Waals surface area (Å²) in [4.78, 5) is 5.14. The molecule has 8 aromatic carbocycles. The smallest absolute Gasteiger partial charge is 0.0545 e. The molecule has 0 atom stereocenters. The van der Waals surface area contributed by atoms with Crippen LogP contribution in [0, 0.1) is 0 Å². The predicted octanol–water partition coefficient (Wildman–Crippen LogP) is 14.5. The Morgan fingerprint density at radius 3 is 1.45 bits per heavy atom. The van der Waals surface area contributed by atoms with Crippen molar-refractivity contribution in [2.45, 2.75) is 57.8 Å². The molecule has 3 aliphatic heterocycles. The second-order valence-electron chi connectivity index (χ2n) is 17.4. The highest BCUT2D eigenvalue weighted by Crippen LogP contribution is 2.66. The Balaban J connectivity index is 1.17. The lowest BCUT2D eigenvalue weighted by Crippen LogP contribution is -2.43. The van der Waals surface area contributed by atoms with E-state index in [-0.39, 0.29) is 16.2 Å². The maximum atomic E-state index is 2.66. The van der Waals surface area contributed by atoms with Gasteiger partial charge in [0.15, 0.2) is 0 Å². The molecule has 0 saturated heterocycles. The molecule has 3 aliphatic rings. The van der Waals surface area contributed by atoms with Crippen molar-refractivity contribution in [3.8, 4) is 11.1 Å². The lowest BCUT2D eigenvalue weighted by molar-refractivity contribution is 0.566. The van der Waals surface area contributed by atoms with Crippen LogP contribution in [0.15, 0.2) is 158 Å². The van der Waals surface area contributed by atoms with E-state index in [2.05, 4.69) is 209 Å². The molecule has 266 valence electrons. The van der Waals surface area contributed by atoms with E-state index in [1.54, 1.807) is 0 Å². The van der Waals surface area contributed by atoms with Crippen molar-refractivity contribution in [1.82, 2.24) is 0 Å². The van der Waals surface area contributed by atoms with E-state index in [0.717, 1.165) is 11.4 Å². The number of hydrogen-bond acceptors (Lipinski definition) is 2. The first-order chi connectivity index (χ1) is 26.5. The fourth-order valence-corrected chi connectivity index (χ4v) is 10.3. The Morgan fingerprint density at radius 2 is 0.836 bits per heavy atom. The minimum absolute atomic E-state index is 0.112. The lowest BCUT2D eigenvalue weighted by atomic mass is 9.61. The van der Waals surface area contributed by atoms with E-state index in [1.165, 1.54) is 88.8 Å². The molecule has 0 unspecified atom stereocenters. The zero-order valence-electron chi connectivity index (χ0n) is 32.4. The number of hydrogen-bond donors (Lipinski definition) is 0. The van der Waals surface area contributed by atoms with Crippen LogP contribution in [0.25, 0.3) is 32.7 Å². The summed E-state index contributed by atoms with van der Waals surface area (Å²) in [6.07, 6.45) is 0. The Morgan fingerprint density at radius 1 is 0.364 bits per heavy atom. The van der Waals surface area contributed by atoms with E-state index in [0.29, 0.717) is 0 Å². The number of benzene rings is 8. The van der Waals surface area contributed by atoms with Crippen LogP contribution < -0.4 is 9.80 Å². The largest absolute Gasteiger partial charge is 0.310 e. The molecule has 0 aromatic heterocycles. The molecule has 11 rings (SSSR count). The van der Waals surface area contributed by atoms with Crippen LogP contribution >= 0.6 is 0 Å². The zero-order valence-corrected chi connectivity index (χ0v) is 32.4. The summed E-state index contributed by atoms with van der Waals surface area (Å²) in [5.41, 5.74) is 17.8. The zero-order chi connectivity index (χ0) is 37.4. The topological polar surface area (TPSA) is 6.48 Å². The summed E-state index contributed by atoms with van der Waals surface area (Å²) in [6.45, 7) is 14.6. The number of nitrogens with zero attached hydrogens (tertiary/aromatic N) is 2. The Kier molecular flexibility index (Phi) is 6.45. The first-order valence-corrected chi connectivity index (χ1v) is 19.7. The third kappa shape index (κ3) is 4.31. The van der Waals surface area contributed by atoms with Gasteiger partial charge in [-0.1, -0.05) is 163 Å². The summed E-state index contributed by atoms with van der Waals surface area (Å²) in [7, 11) is 0. The molecule has 0 aliphatic carbocycles. The Hall–Kier alpha value is -6.12. The summed E-state index contributed by atoms with van der Waals surface area (Å²) in [5, 5.41) is 5.01. The monoisotopic (exact) mass is 708 g/mol. The molecule has 0 amide bonds. The molecule has 55 heavy (non-hydrogen) atoms. The molecule has 2 heteroatoms. The number of fused-ring (bicyclic) bond motifs is 2. The van der Waals surface area contributed by atoms with Crippen LogP contribution in [0.1, 0.15) is 74.9 Å². The maximum absolute atomic E-state index is 2.66. The standard InChI is InChI=1S/C53H44N2/c1-51(2)42-20-12-22-44-48(42)55-49-43(51)21-13-23-45(49)53(5,6)47-32-39(31-46(50(47)55)52(44,3)4)54(38-29-24-33-14-7-8-16-36(33)30-38)37-27-25-35(26-28-37)41-19-11-17-34-15-9-10-18-40(34)41/h7-32H,1-6H3.